The molecule has 4 aromatic rings. The zero-order valence-electron chi connectivity index (χ0n) is 20.1. The van der Waals surface area contributed by atoms with Crippen LogP contribution in [0.4, 0.5) is 24.7 Å². The highest BCUT2D eigenvalue weighted by Gasteiger charge is 2.26. The van der Waals surface area contributed by atoms with Gasteiger partial charge in [-0.05, 0) is 54.8 Å². The van der Waals surface area contributed by atoms with Gasteiger partial charge in [0.15, 0.2) is 0 Å². The number of nitrogens with zero attached hydrogens (tertiary/aromatic N) is 3. The van der Waals surface area contributed by atoms with Gasteiger partial charge in [-0.3, -0.25) is 10.1 Å². The van der Waals surface area contributed by atoms with Crippen LogP contribution >= 0.6 is 0 Å². The van der Waals surface area contributed by atoms with Crippen LogP contribution in [0.3, 0.4) is 0 Å². The van der Waals surface area contributed by atoms with Crippen LogP contribution in [0.2, 0.25) is 0 Å². The summed E-state index contributed by atoms with van der Waals surface area (Å²) in [5.41, 5.74) is 0.410. The standard InChI is InChI=1S/C26H24F3N5O2/c1-14(26(2,3)4)30-24-20(34(35)36)13-12-19(31-24)23-22(15-8-10-16(27)11-9-15)32-25(33-23)21-17(28)6-5-7-18(21)29/h5-14H,1-4H3,(H,30,31)(H,32,33)/t14-/m1/s1. The van der Waals surface area contributed by atoms with Gasteiger partial charge in [0.2, 0.25) is 5.82 Å². The van der Waals surface area contributed by atoms with Gasteiger partial charge in [0.05, 0.1) is 27.6 Å². The number of nitro groups is 1. The van der Waals surface area contributed by atoms with Gasteiger partial charge in [0, 0.05) is 17.7 Å². The Morgan fingerprint density at radius 1 is 0.972 bits per heavy atom. The first kappa shape index (κ1) is 24.9. The third-order valence-corrected chi connectivity index (χ3v) is 6.00. The second-order valence-electron chi connectivity index (χ2n) is 9.47. The summed E-state index contributed by atoms with van der Waals surface area (Å²) in [6, 6.07) is 11.4. The molecule has 186 valence electrons. The Hall–Kier alpha value is -4.21. The summed E-state index contributed by atoms with van der Waals surface area (Å²) in [6.07, 6.45) is 0. The first-order chi connectivity index (χ1) is 17.0. The molecular formula is C26H24F3N5O2. The number of nitrogens with one attached hydrogen (secondary N) is 2. The molecule has 0 amide bonds. The molecule has 7 nitrogen and oxygen atoms in total. The van der Waals surface area contributed by atoms with Gasteiger partial charge in [-0.25, -0.2) is 23.1 Å². The fourth-order valence-electron chi connectivity index (χ4n) is 3.48. The van der Waals surface area contributed by atoms with E-state index in [1.165, 1.54) is 42.5 Å². The number of pyridine rings is 1. The third kappa shape index (κ3) is 4.93. The number of hydrogen-bond acceptors (Lipinski definition) is 5. The summed E-state index contributed by atoms with van der Waals surface area (Å²) in [5, 5.41) is 14.8. The van der Waals surface area contributed by atoms with Crippen molar-refractivity contribution in [2.24, 2.45) is 5.41 Å². The molecule has 0 unspecified atom stereocenters. The van der Waals surface area contributed by atoms with E-state index >= 15 is 0 Å². The first-order valence-electron chi connectivity index (χ1n) is 11.2. The zero-order valence-corrected chi connectivity index (χ0v) is 20.1. The molecule has 2 heterocycles. The van der Waals surface area contributed by atoms with E-state index < -0.39 is 22.4 Å². The Labute approximate surface area is 205 Å². The molecule has 0 spiro atoms. The van der Waals surface area contributed by atoms with E-state index in [0.29, 0.717) is 5.56 Å². The SMILES string of the molecule is C[C@@H](Nc1nc(-c2[nH]c(-c3c(F)cccc3F)nc2-c2ccc(F)cc2)ccc1[N+](=O)[O-])C(C)(C)C. The maximum absolute atomic E-state index is 14.5. The number of imidazole rings is 1. The normalized spacial score (nSPS) is 12.4. The number of rotatable bonds is 6. The minimum Gasteiger partial charge on any atom is -0.361 e. The summed E-state index contributed by atoms with van der Waals surface area (Å²) in [6.45, 7) is 7.84. The molecule has 0 radical (unpaired) electrons. The molecule has 1 atom stereocenters. The molecule has 0 aliphatic heterocycles. The Morgan fingerprint density at radius 3 is 2.19 bits per heavy atom. The van der Waals surface area contributed by atoms with Crippen molar-refractivity contribution < 1.29 is 18.1 Å². The van der Waals surface area contributed by atoms with Crippen molar-refractivity contribution in [3.8, 4) is 34.0 Å². The number of aromatic amines is 1. The minimum absolute atomic E-state index is 0.0400. The van der Waals surface area contributed by atoms with Crippen molar-refractivity contribution in [2.75, 3.05) is 5.32 Å². The van der Waals surface area contributed by atoms with E-state index in [1.807, 2.05) is 27.7 Å². The van der Waals surface area contributed by atoms with Crippen LogP contribution in [0.1, 0.15) is 27.7 Å². The molecular weight excluding hydrogens is 471 g/mol. The molecule has 2 N–H and O–H groups in total. The Bertz CT molecular complexity index is 1410. The number of aromatic nitrogens is 3. The van der Waals surface area contributed by atoms with Gasteiger partial charge in [-0.2, -0.15) is 0 Å². The van der Waals surface area contributed by atoms with Crippen LogP contribution < -0.4 is 5.32 Å². The largest absolute Gasteiger partial charge is 0.361 e. The van der Waals surface area contributed by atoms with E-state index in [-0.39, 0.29) is 51.4 Å². The average molecular weight is 496 g/mol. The molecule has 0 aliphatic rings. The Morgan fingerprint density at radius 2 is 1.61 bits per heavy atom. The Balaban J connectivity index is 1.92. The lowest BCUT2D eigenvalue weighted by Gasteiger charge is -2.28. The summed E-state index contributed by atoms with van der Waals surface area (Å²) in [5.74, 6) is -2.17. The average Bonchev–Trinajstić information content (AvgIpc) is 3.23. The second-order valence-corrected chi connectivity index (χ2v) is 9.47. The highest BCUT2D eigenvalue weighted by atomic mass is 19.1. The summed E-state index contributed by atoms with van der Waals surface area (Å²) in [4.78, 5) is 23.0. The molecule has 0 saturated carbocycles. The van der Waals surface area contributed by atoms with Crippen molar-refractivity contribution in [1.82, 2.24) is 15.0 Å². The highest BCUT2D eigenvalue weighted by molar-refractivity contribution is 5.81. The van der Waals surface area contributed by atoms with Gasteiger partial charge in [0.1, 0.15) is 23.3 Å². The third-order valence-electron chi connectivity index (χ3n) is 6.00. The maximum atomic E-state index is 14.5. The van der Waals surface area contributed by atoms with Crippen LogP contribution in [0.15, 0.2) is 54.6 Å². The number of halogens is 3. The monoisotopic (exact) mass is 495 g/mol. The van der Waals surface area contributed by atoms with Gasteiger partial charge in [0.25, 0.3) is 0 Å². The van der Waals surface area contributed by atoms with E-state index in [0.717, 1.165) is 12.1 Å². The summed E-state index contributed by atoms with van der Waals surface area (Å²) >= 11 is 0. The van der Waals surface area contributed by atoms with E-state index in [9.17, 15) is 23.3 Å². The summed E-state index contributed by atoms with van der Waals surface area (Å²) < 4.78 is 42.7. The number of hydrogen-bond donors (Lipinski definition) is 2. The van der Waals surface area contributed by atoms with Crippen LogP contribution in [-0.2, 0) is 0 Å². The summed E-state index contributed by atoms with van der Waals surface area (Å²) in [7, 11) is 0. The zero-order chi connectivity index (χ0) is 26.2. The maximum Gasteiger partial charge on any atom is 0.311 e. The van der Waals surface area contributed by atoms with Crippen LogP contribution in [0.5, 0.6) is 0 Å². The molecule has 0 saturated heterocycles. The highest BCUT2D eigenvalue weighted by Crippen LogP contribution is 2.36. The van der Waals surface area contributed by atoms with Crippen molar-refractivity contribution in [3.05, 3.63) is 82.2 Å². The molecule has 0 fully saturated rings. The molecule has 2 aromatic heterocycles. The van der Waals surface area contributed by atoms with Crippen molar-refractivity contribution in [2.45, 2.75) is 33.7 Å². The van der Waals surface area contributed by atoms with Crippen molar-refractivity contribution in [1.29, 1.82) is 0 Å². The second kappa shape index (κ2) is 9.44. The van der Waals surface area contributed by atoms with Crippen LogP contribution in [0, 0.1) is 33.0 Å². The topological polar surface area (TPSA) is 96.7 Å². The van der Waals surface area contributed by atoms with E-state index in [4.69, 9.17) is 0 Å². The lowest BCUT2D eigenvalue weighted by atomic mass is 9.88. The van der Waals surface area contributed by atoms with Gasteiger partial charge in [-0.15, -0.1) is 0 Å². The number of benzene rings is 2. The molecule has 4 rings (SSSR count). The van der Waals surface area contributed by atoms with Crippen LogP contribution in [0.25, 0.3) is 34.0 Å². The molecule has 10 heteroatoms. The lowest BCUT2D eigenvalue weighted by Crippen LogP contribution is -2.31. The molecule has 0 bridgehead atoms. The van der Waals surface area contributed by atoms with Gasteiger partial charge >= 0.3 is 5.69 Å². The van der Waals surface area contributed by atoms with E-state index in [2.05, 4.69) is 20.3 Å². The quantitative estimate of drug-likeness (QED) is 0.222. The van der Waals surface area contributed by atoms with E-state index in [1.54, 1.807) is 0 Å². The predicted molar refractivity (Wildman–Crippen MR) is 132 cm³/mol. The minimum atomic E-state index is -0.820. The first-order valence-corrected chi connectivity index (χ1v) is 11.2. The van der Waals surface area contributed by atoms with Crippen molar-refractivity contribution >= 4 is 11.5 Å². The smallest absolute Gasteiger partial charge is 0.311 e. The molecule has 36 heavy (non-hydrogen) atoms. The Kier molecular flexibility index (Phi) is 6.53. The van der Waals surface area contributed by atoms with Crippen LogP contribution in [-0.4, -0.2) is 25.9 Å². The molecule has 0 aliphatic carbocycles. The van der Waals surface area contributed by atoms with Gasteiger partial charge < -0.3 is 10.3 Å². The fraction of sp³-hybridized carbons (Fsp3) is 0.231. The fourth-order valence-corrected chi connectivity index (χ4v) is 3.48. The van der Waals surface area contributed by atoms with Gasteiger partial charge in [-0.1, -0.05) is 26.8 Å². The van der Waals surface area contributed by atoms with Crippen molar-refractivity contribution in [3.63, 3.8) is 0 Å². The number of H-pyrrole nitrogens is 1. The number of anilines is 1. The predicted octanol–water partition coefficient (Wildman–Crippen LogP) is 6.98. The lowest BCUT2D eigenvalue weighted by molar-refractivity contribution is -0.384. The molecule has 2 aromatic carbocycles.